The van der Waals surface area contributed by atoms with Crippen LogP contribution in [0, 0.1) is 0 Å². The Morgan fingerprint density at radius 1 is 1.50 bits per heavy atom. The highest BCUT2D eigenvalue weighted by Crippen LogP contribution is 2.06. The van der Waals surface area contributed by atoms with E-state index in [1.807, 2.05) is 0 Å². The normalized spacial score (nSPS) is 10.7. The van der Waals surface area contributed by atoms with Gasteiger partial charge in [-0.3, -0.25) is 4.79 Å². The average molecular weight is 223 g/mol. The highest BCUT2D eigenvalue weighted by molar-refractivity contribution is 5.75. The van der Waals surface area contributed by atoms with Crippen LogP contribution in [0.15, 0.2) is 24.5 Å². The molecule has 1 N–H and O–H groups in total. The van der Waals surface area contributed by atoms with Crippen molar-refractivity contribution < 1.29 is 19.0 Å². The Morgan fingerprint density at radius 2 is 2.19 bits per heavy atom. The van der Waals surface area contributed by atoms with Crippen LogP contribution in [-0.4, -0.2) is 18.0 Å². The van der Waals surface area contributed by atoms with Gasteiger partial charge < -0.3 is 4.74 Å². The zero-order valence-electron chi connectivity index (χ0n) is 9.56. The minimum atomic E-state index is -0.569. The molecule has 5 nitrogen and oxygen atoms in total. The van der Waals surface area contributed by atoms with Crippen molar-refractivity contribution in [3.05, 3.63) is 30.1 Å². The van der Waals surface area contributed by atoms with Crippen molar-refractivity contribution >= 4 is 12.4 Å². The van der Waals surface area contributed by atoms with Crippen molar-refractivity contribution in [3.8, 4) is 0 Å². The summed E-state index contributed by atoms with van der Waals surface area (Å²) in [4.78, 5) is 21.9. The summed E-state index contributed by atoms with van der Waals surface area (Å²) in [6.07, 6.45) is 3.24. The van der Waals surface area contributed by atoms with E-state index in [-0.39, 0.29) is 0 Å². The fourth-order valence-corrected chi connectivity index (χ4v) is 1.04. The van der Waals surface area contributed by atoms with Crippen LogP contribution >= 0.6 is 0 Å². The molecule has 1 aromatic heterocycles. The molecule has 0 unspecified atom stereocenters. The lowest BCUT2D eigenvalue weighted by atomic mass is 10.2. The van der Waals surface area contributed by atoms with Crippen LogP contribution in [0.3, 0.4) is 0 Å². The van der Waals surface area contributed by atoms with Crippen LogP contribution in [0.2, 0.25) is 0 Å². The fourth-order valence-electron chi connectivity index (χ4n) is 1.04. The lowest BCUT2D eigenvalue weighted by molar-refractivity contribution is -0.642. The average Bonchev–Trinajstić information content (AvgIpc) is 2.15. The van der Waals surface area contributed by atoms with E-state index in [1.54, 1.807) is 39.1 Å². The molecule has 16 heavy (non-hydrogen) atoms. The third-order valence-corrected chi connectivity index (χ3v) is 1.58. The smallest absolute Gasteiger partial charge is 0.440 e. The van der Waals surface area contributed by atoms with Gasteiger partial charge in [0, 0.05) is 6.07 Å². The SMILES string of the molecule is CC(C)(C)OC(=O)N[n+]1cccc(C=O)c1. The molecule has 1 aromatic rings. The number of hydrogen-bond acceptors (Lipinski definition) is 3. The maximum absolute atomic E-state index is 11.4. The quantitative estimate of drug-likeness (QED) is 0.606. The van der Waals surface area contributed by atoms with Crippen LogP contribution in [0.5, 0.6) is 0 Å². The van der Waals surface area contributed by atoms with Crippen LogP contribution in [0.4, 0.5) is 4.79 Å². The Labute approximate surface area is 94.0 Å². The van der Waals surface area contributed by atoms with E-state index in [1.165, 1.54) is 10.9 Å². The molecule has 0 aliphatic rings. The Hall–Kier alpha value is -1.91. The molecule has 0 saturated carbocycles. The summed E-state index contributed by atoms with van der Waals surface area (Å²) in [6.45, 7) is 5.33. The molecule has 1 heterocycles. The summed E-state index contributed by atoms with van der Waals surface area (Å²) in [5.41, 5.74) is 2.39. The summed E-state index contributed by atoms with van der Waals surface area (Å²) >= 11 is 0. The van der Waals surface area contributed by atoms with Crippen LogP contribution in [-0.2, 0) is 4.74 Å². The van der Waals surface area contributed by atoms with Gasteiger partial charge in [0.1, 0.15) is 5.60 Å². The van der Waals surface area contributed by atoms with Crippen molar-refractivity contribution in [2.45, 2.75) is 26.4 Å². The number of pyridine rings is 1. The molecule has 0 spiro atoms. The first kappa shape index (κ1) is 12.2. The van der Waals surface area contributed by atoms with Crippen molar-refractivity contribution in [1.82, 2.24) is 0 Å². The predicted octanol–water partition coefficient (Wildman–Crippen LogP) is 1.27. The first-order valence-corrected chi connectivity index (χ1v) is 4.87. The number of aromatic nitrogens is 1. The van der Waals surface area contributed by atoms with Gasteiger partial charge >= 0.3 is 6.09 Å². The highest BCUT2D eigenvalue weighted by Gasteiger charge is 2.18. The summed E-state index contributed by atoms with van der Waals surface area (Å²) in [6, 6.07) is 3.29. The number of ether oxygens (including phenoxy) is 1. The number of amides is 1. The molecule has 0 aliphatic carbocycles. The number of hydrogen-bond donors (Lipinski definition) is 1. The lowest BCUT2D eigenvalue weighted by Gasteiger charge is -2.17. The number of nitrogens with one attached hydrogen (secondary N) is 1. The molecule has 0 fully saturated rings. The molecular weight excluding hydrogens is 208 g/mol. The van der Waals surface area contributed by atoms with Gasteiger partial charge in [0.05, 0.1) is 5.56 Å². The molecule has 0 atom stereocenters. The van der Waals surface area contributed by atoms with Crippen LogP contribution in [0.1, 0.15) is 31.1 Å². The van der Waals surface area contributed by atoms with E-state index in [0.29, 0.717) is 11.8 Å². The second-order valence-corrected chi connectivity index (χ2v) is 4.28. The van der Waals surface area contributed by atoms with Gasteiger partial charge in [0.2, 0.25) is 6.20 Å². The Kier molecular flexibility index (Phi) is 3.60. The molecule has 0 radical (unpaired) electrons. The van der Waals surface area contributed by atoms with E-state index in [4.69, 9.17) is 4.74 Å². The Bertz CT molecular complexity index is 396. The minimum absolute atomic E-state index is 0.471. The fraction of sp³-hybridized carbons (Fsp3) is 0.364. The summed E-state index contributed by atoms with van der Waals surface area (Å²) in [7, 11) is 0. The van der Waals surface area contributed by atoms with E-state index in [2.05, 4.69) is 5.43 Å². The second kappa shape index (κ2) is 4.74. The molecule has 1 amide bonds. The monoisotopic (exact) mass is 223 g/mol. The van der Waals surface area contributed by atoms with Gasteiger partial charge in [-0.1, -0.05) is 10.1 Å². The minimum Gasteiger partial charge on any atom is -0.440 e. The maximum Gasteiger partial charge on any atom is 0.461 e. The summed E-state index contributed by atoms with van der Waals surface area (Å²) in [5, 5.41) is 0. The molecule has 5 heteroatoms. The number of rotatable bonds is 2. The third-order valence-electron chi connectivity index (χ3n) is 1.58. The largest absolute Gasteiger partial charge is 0.461 e. The molecule has 0 saturated heterocycles. The number of aldehydes is 1. The van der Waals surface area contributed by atoms with Gasteiger partial charge in [-0.2, -0.15) is 0 Å². The lowest BCUT2D eigenvalue weighted by Crippen LogP contribution is -2.49. The molecule has 0 bridgehead atoms. The van der Waals surface area contributed by atoms with Crippen molar-refractivity contribution in [3.63, 3.8) is 0 Å². The van der Waals surface area contributed by atoms with Crippen LogP contribution < -0.4 is 10.1 Å². The molecule has 1 rings (SSSR count). The summed E-state index contributed by atoms with van der Waals surface area (Å²) in [5.74, 6) is 0. The van der Waals surface area contributed by atoms with Gasteiger partial charge in [-0.05, 0) is 26.8 Å². The van der Waals surface area contributed by atoms with Crippen molar-refractivity contribution in [1.29, 1.82) is 0 Å². The van der Waals surface area contributed by atoms with E-state index in [9.17, 15) is 9.59 Å². The molecule has 0 aliphatic heterocycles. The van der Waals surface area contributed by atoms with Gasteiger partial charge in [-0.15, -0.1) is 0 Å². The first-order chi connectivity index (χ1) is 7.40. The van der Waals surface area contributed by atoms with E-state index in [0.717, 1.165) is 0 Å². The number of carbonyl (C=O) groups is 2. The standard InChI is InChI=1S/C11H14N2O3/c1-11(2,3)16-10(15)12-13-6-4-5-9(7-13)8-14/h4-8H,1-3H3/p+1. The second-order valence-electron chi connectivity index (χ2n) is 4.28. The van der Waals surface area contributed by atoms with Gasteiger partial charge in [-0.25, -0.2) is 4.79 Å². The molecule has 0 aromatic carbocycles. The highest BCUT2D eigenvalue weighted by atomic mass is 16.6. The molecular formula is C11H15N2O3+. The van der Waals surface area contributed by atoms with Crippen molar-refractivity contribution in [2.75, 3.05) is 5.43 Å². The van der Waals surface area contributed by atoms with Crippen molar-refractivity contribution in [2.24, 2.45) is 0 Å². The summed E-state index contributed by atoms with van der Waals surface area (Å²) < 4.78 is 6.43. The Morgan fingerprint density at radius 3 is 2.75 bits per heavy atom. The van der Waals surface area contributed by atoms with Gasteiger partial charge in [0.25, 0.3) is 0 Å². The maximum atomic E-state index is 11.4. The van der Waals surface area contributed by atoms with Gasteiger partial charge in [0.15, 0.2) is 12.5 Å². The van der Waals surface area contributed by atoms with E-state index >= 15 is 0 Å². The topological polar surface area (TPSA) is 59.3 Å². The molecule has 86 valence electrons. The Balaban J connectivity index is 2.66. The van der Waals surface area contributed by atoms with E-state index < -0.39 is 11.7 Å². The number of nitrogens with zero attached hydrogens (tertiary/aromatic N) is 1. The van der Waals surface area contributed by atoms with Crippen LogP contribution in [0.25, 0.3) is 0 Å². The zero-order valence-corrected chi connectivity index (χ0v) is 9.56. The predicted molar refractivity (Wildman–Crippen MR) is 57.6 cm³/mol. The third kappa shape index (κ3) is 4.08. The zero-order chi connectivity index (χ0) is 12.2. The first-order valence-electron chi connectivity index (χ1n) is 4.87. The number of carbonyl (C=O) groups excluding carboxylic acids is 2.